The van der Waals surface area contributed by atoms with Gasteiger partial charge >= 0.3 is 6.09 Å². The van der Waals surface area contributed by atoms with Gasteiger partial charge in [-0.2, -0.15) is 0 Å². The van der Waals surface area contributed by atoms with E-state index in [1.165, 1.54) is 0 Å². The second kappa shape index (κ2) is 9.61. The SMILES string of the molecule is Cc1c(OCC(COCc2ccccc2)NC(=O)O)nn(-c2ccccc2)c1N. The molecule has 1 aromatic heterocycles. The van der Waals surface area contributed by atoms with Crippen LogP contribution in [0.1, 0.15) is 11.1 Å². The number of ether oxygens (including phenoxy) is 2. The second-order valence-electron chi connectivity index (χ2n) is 6.52. The predicted molar refractivity (Wildman–Crippen MR) is 109 cm³/mol. The summed E-state index contributed by atoms with van der Waals surface area (Å²) in [5, 5.41) is 15.9. The van der Waals surface area contributed by atoms with Crippen molar-refractivity contribution in [1.82, 2.24) is 15.1 Å². The van der Waals surface area contributed by atoms with Gasteiger partial charge < -0.3 is 25.6 Å². The van der Waals surface area contributed by atoms with Crippen LogP contribution in [-0.2, 0) is 11.3 Å². The minimum absolute atomic E-state index is 0.0627. The molecule has 4 N–H and O–H groups in total. The van der Waals surface area contributed by atoms with Crippen molar-refractivity contribution >= 4 is 11.9 Å². The van der Waals surface area contributed by atoms with E-state index in [0.29, 0.717) is 23.9 Å². The lowest BCUT2D eigenvalue weighted by atomic mass is 10.2. The fourth-order valence-electron chi connectivity index (χ4n) is 2.77. The van der Waals surface area contributed by atoms with Crippen LogP contribution < -0.4 is 15.8 Å². The van der Waals surface area contributed by atoms with Gasteiger partial charge in [-0.15, -0.1) is 5.10 Å². The minimum atomic E-state index is -1.15. The fraction of sp³-hybridized carbons (Fsp3) is 0.238. The average molecular weight is 396 g/mol. The van der Waals surface area contributed by atoms with Gasteiger partial charge in [-0.25, -0.2) is 9.48 Å². The molecule has 8 nitrogen and oxygen atoms in total. The maximum atomic E-state index is 11.1. The first-order valence-corrected chi connectivity index (χ1v) is 9.19. The van der Waals surface area contributed by atoms with Gasteiger partial charge in [-0.1, -0.05) is 48.5 Å². The summed E-state index contributed by atoms with van der Waals surface area (Å²) in [6.07, 6.45) is -1.15. The zero-order chi connectivity index (χ0) is 20.6. The molecule has 0 saturated heterocycles. The highest BCUT2D eigenvalue weighted by atomic mass is 16.5. The molecule has 0 radical (unpaired) electrons. The molecular weight excluding hydrogens is 372 g/mol. The molecule has 0 spiro atoms. The maximum Gasteiger partial charge on any atom is 0.405 e. The Hall–Kier alpha value is -3.52. The van der Waals surface area contributed by atoms with Crippen molar-refractivity contribution in [2.24, 2.45) is 0 Å². The Morgan fingerprint density at radius 3 is 2.45 bits per heavy atom. The number of carbonyl (C=O) groups is 1. The molecule has 152 valence electrons. The van der Waals surface area contributed by atoms with Gasteiger partial charge in [-0.05, 0) is 24.6 Å². The summed E-state index contributed by atoms with van der Waals surface area (Å²) in [6.45, 7) is 2.41. The van der Waals surface area contributed by atoms with E-state index in [2.05, 4.69) is 10.4 Å². The summed E-state index contributed by atoms with van der Waals surface area (Å²) in [7, 11) is 0. The van der Waals surface area contributed by atoms with Crippen molar-refractivity contribution in [1.29, 1.82) is 0 Å². The second-order valence-corrected chi connectivity index (χ2v) is 6.52. The molecule has 0 aliphatic heterocycles. The molecule has 3 aromatic rings. The first-order valence-electron chi connectivity index (χ1n) is 9.19. The van der Waals surface area contributed by atoms with Crippen LogP contribution in [0.5, 0.6) is 5.88 Å². The van der Waals surface area contributed by atoms with Crippen molar-refractivity contribution in [3.8, 4) is 11.6 Å². The van der Waals surface area contributed by atoms with E-state index in [1.54, 1.807) is 4.68 Å². The Morgan fingerprint density at radius 2 is 1.79 bits per heavy atom. The lowest BCUT2D eigenvalue weighted by Crippen LogP contribution is -2.41. The standard InChI is InChI=1S/C21H24N4O4/c1-15-19(22)25(18-10-6-3-7-11-18)24-20(15)29-14-17(23-21(26)27)13-28-12-16-8-4-2-5-9-16/h2-11,17,23H,12-14,22H2,1H3,(H,26,27). The quantitative estimate of drug-likeness (QED) is 0.513. The Kier molecular flexibility index (Phi) is 6.70. The zero-order valence-corrected chi connectivity index (χ0v) is 16.1. The van der Waals surface area contributed by atoms with Crippen LogP contribution in [0.2, 0.25) is 0 Å². The topological polar surface area (TPSA) is 112 Å². The van der Waals surface area contributed by atoms with Crippen molar-refractivity contribution in [3.05, 3.63) is 71.8 Å². The Morgan fingerprint density at radius 1 is 1.14 bits per heavy atom. The number of benzene rings is 2. The van der Waals surface area contributed by atoms with E-state index in [0.717, 1.165) is 11.3 Å². The highest BCUT2D eigenvalue weighted by Crippen LogP contribution is 2.25. The van der Waals surface area contributed by atoms with Gasteiger partial charge in [0.2, 0.25) is 5.88 Å². The largest absolute Gasteiger partial charge is 0.474 e. The molecular formula is C21H24N4O4. The predicted octanol–water partition coefficient (Wildman–Crippen LogP) is 2.99. The van der Waals surface area contributed by atoms with E-state index in [4.69, 9.17) is 20.3 Å². The van der Waals surface area contributed by atoms with Gasteiger partial charge in [0.15, 0.2) is 0 Å². The number of hydrogen-bond donors (Lipinski definition) is 3. The number of hydrogen-bond acceptors (Lipinski definition) is 5. The molecule has 1 unspecified atom stereocenters. The maximum absolute atomic E-state index is 11.1. The first-order chi connectivity index (χ1) is 14.0. The van der Waals surface area contributed by atoms with E-state index < -0.39 is 12.1 Å². The Balaban J connectivity index is 1.62. The molecule has 1 atom stereocenters. The van der Waals surface area contributed by atoms with E-state index in [1.807, 2.05) is 67.6 Å². The number of aromatic nitrogens is 2. The van der Waals surface area contributed by atoms with Crippen LogP contribution >= 0.6 is 0 Å². The van der Waals surface area contributed by atoms with Crippen LogP contribution in [0.25, 0.3) is 5.69 Å². The van der Waals surface area contributed by atoms with Crippen molar-refractivity contribution < 1.29 is 19.4 Å². The minimum Gasteiger partial charge on any atom is -0.474 e. The van der Waals surface area contributed by atoms with Crippen LogP contribution in [0, 0.1) is 6.92 Å². The van der Waals surface area contributed by atoms with E-state index in [9.17, 15) is 4.79 Å². The number of nitrogens with zero attached hydrogens (tertiary/aromatic N) is 2. The normalized spacial score (nSPS) is 11.8. The molecule has 3 rings (SSSR count). The number of nitrogen functional groups attached to an aromatic ring is 1. The van der Waals surface area contributed by atoms with Gasteiger partial charge in [0.25, 0.3) is 0 Å². The van der Waals surface area contributed by atoms with Crippen molar-refractivity contribution in [3.63, 3.8) is 0 Å². The number of amides is 1. The number of rotatable bonds is 9. The molecule has 1 amide bonds. The highest BCUT2D eigenvalue weighted by Gasteiger charge is 2.18. The van der Waals surface area contributed by atoms with Crippen LogP contribution in [0.4, 0.5) is 10.6 Å². The number of para-hydroxylation sites is 1. The highest BCUT2D eigenvalue weighted by molar-refractivity contribution is 5.64. The summed E-state index contributed by atoms with van der Waals surface area (Å²) in [4.78, 5) is 11.1. The number of nitrogens with one attached hydrogen (secondary N) is 1. The lowest BCUT2D eigenvalue weighted by molar-refractivity contribution is 0.0800. The summed E-state index contributed by atoms with van der Waals surface area (Å²) in [5.74, 6) is 0.820. The molecule has 0 bridgehead atoms. The van der Waals surface area contributed by atoms with Crippen LogP contribution in [0.15, 0.2) is 60.7 Å². The lowest BCUT2D eigenvalue weighted by Gasteiger charge is -2.17. The van der Waals surface area contributed by atoms with Crippen LogP contribution in [-0.4, -0.2) is 40.2 Å². The number of nitrogens with two attached hydrogens (primary N) is 1. The molecule has 0 aliphatic rings. The third-order valence-corrected chi connectivity index (χ3v) is 4.30. The number of anilines is 1. The summed E-state index contributed by atoms with van der Waals surface area (Å²) >= 11 is 0. The zero-order valence-electron chi connectivity index (χ0n) is 16.1. The number of carboxylic acid groups (broad SMARTS) is 1. The average Bonchev–Trinajstić information content (AvgIpc) is 3.01. The van der Waals surface area contributed by atoms with Gasteiger partial charge in [0.05, 0.1) is 30.5 Å². The summed E-state index contributed by atoms with van der Waals surface area (Å²) in [6, 6.07) is 18.6. The monoisotopic (exact) mass is 396 g/mol. The fourth-order valence-corrected chi connectivity index (χ4v) is 2.77. The molecule has 0 aliphatic carbocycles. The van der Waals surface area contributed by atoms with Gasteiger partial charge in [-0.3, -0.25) is 0 Å². The Bertz CT molecular complexity index is 929. The molecule has 2 aromatic carbocycles. The van der Waals surface area contributed by atoms with Gasteiger partial charge in [0.1, 0.15) is 12.4 Å². The van der Waals surface area contributed by atoms with Crippen molar-refractivity contribution in [2.75, 3.05) is 18.9 Å². The smallest absolute Gasteiger partial charge is 0.405 e. The van der Waals surface area contributed by atoms with Crippen LogP contribution in [0.3, 0.4) is 0 Å². The Labute approximate surface area is 168 Å². The molecule has 8 heteroatoms. The van der Waals surface area contributed by atoms with Crippen molar-refractivity contribution in [2.45, 2.75) is 19.6 Å². The first kappa shape index (κ1) is 20.2. The van der Waals surface area contributed by atoms with Gasteiger partial charge in [0, 0.05) is 0 Å². The summed E-state index contributed by atoms with van der Waals surface area (Å²) < 4.78 is 13.0. The molecule has 0 saturated carbocycles. The summed E-state index contributed by atoms with van der Waals surface area (Å²) in [5.41, 5.74) is 8.66. The third kappa shape index (κ3) is 5.49. The van der Waals surface area contributed by atoms with E-state index in [-0.39, 0.29) is 13.2 Å². The van der Waals surface area contributed by atoms with E-state index >= 15 is 0 Å². The molecule has 0 fully saturated rings. The molecule has 1 heterocycles. The third-order valence-electron chi connectivity index (χ3n) is 4.30. The molecule has 29 heavy (non-hydrogen) atoms.